The maximum Gasteiger partial charge on any atom is 0.229 e. The lowest BCUT2D eigenvalue weighted by Crippen LogP contribution is -2.32. The van der Waals surface area contributed by atoms with Crippen LogP contribution < -0.4 is 5.32 Å². The van der Waals surface area contributed by atoms with Crippen LogP contribution >= 0.6 is 11.6 Å². The molecule has 1 aromatic carbocycles. The van der Waals surface area contributed by atoms with Gasteiger partial charge < -0.3 is 4.57 Å². The first-order chi connectivity index (χ1) is 11.0. The van der Waals surface area contributed by atoms with Gasteiger partial charge in [0.2, 0.25) is 23.7 Å². The number of carbonyl (C=O) groups is 3. The van der Waals surface area contributed by atoms with E-state index in [4.69, 9.17) is 11.6 Å². The monoisotopic (exact) mass is 334 g/mol. The zero-order chi connectivity index (χ0) is 16.6. The lowest BCUT2D eigenvalue weighted by atomic mass is 10.3. The Kier molecular flexibility index (Phi) is 4.04. The molecule has 0 aliphatic carbocycles. The third-order valence-electron chi connectivity index (χ3n) is 3.81. The minimum atomic E-state index is -0.304. The number of halogens is 1. The molecule has 0 saturated carbocycles. The van der Waals surface area contributed by atoms with Crippen molar-refractivity contribution in [2.24, 2.45) is 7.05 Å². The molecule has 1 aliphatic heterocycles. The van der Waals surface area contributed by atoms with Crippen LogP contribution in [0.4, 0.5) is 5.95 Å². The molecule has 0 atom stereocenters. The van der Waals surface area contributed by atoms with Crippen LogP contribution in [0.5, 0.6) is 0 Å². The Hall–Kier alpha value is -2.41. The van der Waals surface area contributed by atoms with E-state index in [1.165, 1.54) is 0 Å². The topological polar surface area (TPSA) is 84.3 Å². The van der Waals surface area contributed by atoms with Crippen molar-refractivity contribution in [2.75, 3.05) is 11.9 Å². The highest BCUT2D eigenvalue weighted by Crippen LogP contribution is 2.22. The van der Waals surface area contributed by atoms with Crippen molar-refractivity contribution >= 4 is 46.3 Å². The number of imide groups is 1. The van der Waals surface area contributed by atoms with Gasteiger partial charge in [0, 0.05) is 37.9 Å². The second-order valence-electron chi connectivity index (χ2n) is 5.36. The summed E-state index contributed by atoms with van der Waals surface area (Å²) in [5, 5.41) is 3.26. The van der Waals surface area contributed by atoms with E-state index in [-0.39, 0.29) is 43.5 Å². The first kappa shape index (κ1) is 15.5. The summed E-state index contributed by atoms with van der Waals surface area (Å²) in [5.74, 6) is -0.353. The van der Waals surface area contributed by atoms with Crippen molar-refractivity contribution in [1.82, 2.24) is 14.5 Å². The predicted molar refractivity (Wildman–Crippen MR) is 84.9 cm³/mol. The number of aryl methyl sites for hydroxylation is 1. The standard InChI is InChI=1S/C15H15ClN4O3/c1-19-11-3-2-9(16)8-10(11)17-15(19)18-12(21)6-7-20-13(22)4-5-14(20)23/h2-3,8H,4-7H2,1H3,(H,17,18,21). The molecule has 120 valence electrons. The smallest absolute Gasteiger partial charge is 0.229 e. The van der Waals surface area contributed by atoms with E-state index in [1.54, 1.807) is 23.7 Å². The largest absolute Gasteiger partial charge is 0.313 e. The second kappa shape index (κ2) is 6.00. The molecule has 3 amide bonds. The molecule has 1 aromatic heterocycles. The number of anilines is 1. The third kappa shape index (κ3) is 3.05. The van der Waals surface area contributed by atoms with Gasteiger partial charge in [-0.1, -0.05) is 11.6 Å². The first-order valence-electron chi connectivity index (χ1n) is 7.21. The molecule has 2 heterocycles. The normalized spacial score (nSPS) is 14.8. The zero-order valence-corrected chi connectivity index (χ0v) is 13.3. The summed E-state index contributed by atoms with van der Waals surface area (Å²) < 4.78 is 1.75. The lowest BCUT2D eigenvalue weighted by Gasteiger charge is -2.13. The van der Waals surface area contributed by atoms with Gasteiger partial charge >= 0.3 is 0 Å². The quantitative estimate of drug-likeness (QED) is 0.862. The van der Waals surface area contributed by atoms with Crippen LogP contribution in [0.15, 0.2) is 18.2 Å². The molecule has 7 nitrogen and oxygen atoms in total. The summed E-state index contributed by atoms with van der Waals surface area (Å²) in [6.45, 7) is 0.0965. The Morgan fingerprint density at radius 3 is 2.70 bits per heavy atom. The average molecular weight is 335 g/mol. The molecule has 8 heteroatoms. The van der Waals surface area contributed by atoms with Crippen LogP contribution in [0.2, 0.25) is 5.02 Å². The molecule has 0 radical (unpaired) electrons. The maximum absolute atomic E-state index is 12.0. The van der Waals surface area contributed by atoms with E-state index in [2.05, 4.69) is 10.3 Å². The predicted octanol–water partition coefficient (Wildman–Crippen LogP) is 1.70. The van der Waals surface area contributed by atoms with Crippen molar-refractivity contribution in [3.8, 4) is 0 Å². The number of hydrogen-bond donors (Lipinski definition) is 1. The first-order valence-corrected chi connectivity index (χ1v) is 7.58. The van der Waals surface area contributed by atoms with Crippen molar-refractivity contribution < 1.29 is 14.4 Å². The molecule has 1 N–H and O–H groups in total. The molecule has 0 spiro atoms. The Labute approximate surface area is 137 Å². The molecule has 1 fully saturated rings. The average Bonchev–Trinajstić information content (AvgIpc) is 2.97. The summed E-state index contributed by atoms with van der Waals surface area (Å²) in [7, 11) is 1.78. The van der Waals surface area contributed by atoms with E-state index in [0.29, 0.717) is 16.5 Å². The number of fused-ring (bicyclic) bond motifs is 1. The number of likely N-dealkylation sites (tertiary alicyclic amines) is 1. The molecule has 1 aliphatic rings. The Morgan fingerprint density at radius 1 is 1.30 bits per heavy atom. The molecule has 3 rings (SSSR count). The molecule has 0 bridgehead atoms. The number of nitrogens with zero attached hydrogens (tertiary/aromatic N) is 3. The van der Waals surface area contributed by atoms with E-state index in [9.17, 15) is 14.4 Å². The molecular formula is C15H15ClN4O3. The molecule has 2 aromatic rings. The summed E-state index contributed by atoms with van der Waals surface area (Å²) >= 11 is 5.93. The minimum Gasteiger partial charge on any atom is -0.313 e. The number of imidazole rings is 1. The van der Waals surface area contributed by atoms with Gasteiger partial charge in [-0.05, 0) is 18.2 Å². The summed E-state index contributed by atoms with van der Waals surface area (Å²) in [6.07, 6.45) is 0.499. The molecular weight excluding hydrogens is 320 g/mol. The molecule has 1 saturated heterocycles. The summed E-state index contributed by atoms with van der Waals surface area (Å²) in [5.41, 5.74) is 1.52. The van der Waals surface area contributed by atoms with Gasteiger partial charge in [-0.25, -0.2) is 4.98 Å². The number of aromatic nitrogens is 2. The van der Waals surface area contributed by atoms with Gasteiger partial charge in [-0.15, -0.1) is 0 Å². The third-order valence-corrected chi connectivity index (χ3v) is 4.05. The van der Waals surface area contributed by atoms with Gasteiger partial charge in [-0.2, -0.15) is 0 Å². The van der Waals surface area contributed by atoms with Crippen LogP contribution in [-0.2, 0) is 21.4 Å². The van der Waals surface area contributed by atoms with E-state index in [0.717, 1.165) is 10.4 Å². The zero-order valence-electron chi connectivity index (χ0n) is 12.5. The van der Waals surface area contributed by atoms with Gasteiger partial charge in [0.05, 0.1) is 11.0 Å². The van der Waals surface area contributed by atoms with Crippen LogP contribution in [0.25, 0.3) is 11.0 Å². The van der Waals surface area contributed by atoms with E-state index < -0.39 is 0 Å². The fraction of sp³-hybridized carbons (Fsp3) is 0.333. The van der Waals surface area contributed by atoms with Gasteiger partial charge in [-0.3, -0.25) is 24.6 Å². The highest BCUT2D eigenvalue weighted by Gasteiger charge is 2.28. The Morgan fingerprint density at radius 2 is 2.00 bits per heavy atom. The molecule has 0 unspecified atom stereocenters. The Bertz CT molecular complexity index is 798. The summed E-state index contributed by atoms with van der Waals surface area (Å²) in [4.78, 5) is 40.5. The van der Waals surface area contributed by atoms with Crippen LogP contribution in [0.3, 0.4) is 0 Å². The lowest BCUT2D eigenvalue weighted by molar-refractivity contribution is -0.138. The van der Waals surface area contributed by atoms with Gasteiger partial charge in [0.25, 0.3) is 0 Å². The fourth-order valence-corrected chi connectivity index (χ4v) is 2.72. The number of nitrogens with one attached hydrogen (secondary N) is 1. The highest BCUT2D eigenvalue weighted by atomic mass is 35.5. The SMILES string of the molecule is Cn1c(NC(=O)CCN2C(=O)CCC2=O)nc2cc(Cl)ccc21. The van der Waals surface area contributed by atoms with Gasteiger partial charge in [0.1, 0.15) is 0 Å². The second-order valence-corrected chi connectivity index (χ2v) is 5.80. The maximum atomic E-state index is 12.0. The van der Waals surface area contributed by atoms with Gasteiger partial charge in [0.15, 0.2) is 0 Å². The number of hydrogen-bond acceptors (Lipinski definition) is 4. The summed E-state index contributed by atoms with van der Waals surface area (Å²) in [6, 6.07) is 5.29. The highest BCUT2D eigenvalue weighted by molar-refractivity contribution is 6.31. The number of carbonyl (C=O) groups excluding carboxylic acids is 3. The van der Waals surface area contributed by atoms with Crippen LogP contribution in [0.1, 0.15) is 19.3 Å². The van der Waals surface area contributed by atoms with E-state index >= 15 is 0 Å². The van der Waals surface area contributed by atoms with Crippen molar-refractivity contribution in [1.29, 1.82) is 0 Å². The Balaban J connectivity index is 1.67. The van der Waals surface area contributed by atoms with Crippen molar-refractivity contribution in [3.05, 3.63) is 23.2 Å². The van der Waals surface area contributed by atoms with Crippen molar-refractivity contribution in [2.45, 2.75) is 19.3 Å². The minimum absolute atomic E-state index is 0.0431. The number of rotatable bonds is 4. The number of amides is 3. The number of benzene rings is 1. The molecule has 23 heavy (non-hydrogen) atoms. The van der Waals surface area contributed by atoms with Crippen LogP contribution in [0, 0.1) is 0 Å². The fourth-order valence-electron chi connectivity index (χ4n) is 2.56. The van der Waals surface area contributed by atoms with Crippen molar-refractivity contribution in [3.63, 3.8) is 0 Å². The van der Waals surface area contributed by atoms with E-state index in [1.807, 2.05) is 6.07 Å². The van der Waals surface area contributed by atoms with Crippen LogP contribution in [-0.4, -0.2) is 38.7 Å².